The van der Waals surface area contributed by atoms with Crippen LogP contribution in [-0.4, -0.2) is 39.2 Å². The lowest BCUT2D eigenvalue weighted by molar-refractivity contribution is -0.127. The molecule has 0 atom stereocenters. The van der Waals surface area contributed by atoms with Crippen LogP contribution in [-0.2, 0) is 14.3 Å². The van der Waals surface area contributed by atoms with Crippen molar-refractivity contribution >= 4 is 19.4 Å². The average molecular weight is 197 g/mol. The van der Waals surface area contributed by atoms with E-state index in [0.29, 0.717) is 12.5 Å². The normalized spacial score (nSPS) is 10.2. The largest absolute Gasteiger partial charge is 0.365 e. The van der Waals surface area contributed by atoms with Crippen LogP contribution in [0.4, 0.5) is 0 Å². The minimum atomic E-state index is -0.569. The van der Waals surface area contributed by atoms with E-state index in [1.165, 1.54) is 0 Å². The second-order valence-corrected chi connectivity index (χ2v) is 3.49. The maximum absolute atomic E-state index is 11.0. The monoisotopic (exact) mass is 197 g/mol. The Hall–Kier alpha value is -0.835. The molecule has 4 nitrogen and oxygen atoms in total. The smallest absolute Gasteiger partial charge is 0.246 e. The molecule has 0 unspecified atom stereocenters. The summed E-state index contributed by atoms with van der Waals surface area (Å²) in [6.07, 6.45) is 0.932. The molecule has 0 aliphatic heterocycles. The van der Waals surface area contributed by atoms with E-state index in [0.717, 1.165) is 6.42 Å². The predicted octanol–water partition coefficient (Wildman–Crippen LogP) is -0.140. The van der Waals surface area contributed by atoms with Crippen LogP contribution in [0.3, 0.4) is 0 Å². The van der Waals surface area contributed by atoms with Gasteiger partial charge in [0.15, 0.2) is 7.85 Å². The van der Waals surface area contributed by atoms with E-state index in [4.69, 9.17) is 12.6 Å². The van der Waals surface area contributed by atoms with E-state index in [1.807, 2.05) is 0 Å². The molecule has 0 aliphatic carbocycles. The van der Waals surface area contributed by atoms with Gasteiger partial charge in [-0.3, -0.25) is 4.79 Å². The molecular formula is C9H16BNO3. The highest BCUT2D eigenvalue weighted by atomic mass is 16.5. The van der Waals surface area contributed by atoms with Crippen molar-refractivity contribution in [2.45, 2.75) is 20.3 Å². The molecule has 1 N–H and O–H groups in total. The number of hydrogen-bond donors (Lipinski definition) is 1. The van der Waals surface area contributed by atoms with Gasteiger partial charge < -0.3 is 14.8 Å². The fourth-order valence-corrected chi connectivity index (χ4v) is 0.796. The maximum atomic E-state index is 11.0. The molecule has 5 heteroatoms. The Kier molecular flexibility index (Phi) is 7.11. The van der Waals surface area contributed by atoms with Crippen molar-refractivity contribution in [3.63, 3.8) is 0 Å². The zero-order valence-electron chi connectivity index (χ0n) is 8.71. The molecule has 0 spiro atoms. The van der Waals surface area contributed by atoms with E-state index in [-0.39, 0.29) is 19.1 Å². The van der Waals surface area contributed by atoms with Crippen LogP contribution in [0.25, 0.3) is 0 Å². The Morgan fingerprint density at radius 2 is 2.00 bits per heavy atom. The van der Waals surface area contributed by atoms with Crippen molar-refractivity contribution < 1.29 is 14.3 Å². The van der Waals surface area contributed by atoms with Crippen molar-refractivity contribution in [1.82, 2.24) is 5.32 Å². The van der Waals surface area contributed by atoms with Crippen molar-refractivity contribution in [3.05, 3.63) is 0 Å². The van der Waals surface area contributed by atoms with Crippen molar-refractivity contribution in [3.8, 4) is 0 Å². The summed E-state index contributed by atoms with van der Waals surface area (Å²) in [5.74, 6) is 0.341. The number of ether oxygens (including phenoxy) is 1. The second-order valence-electron chi connectivity index (χ2n) is 3.49. The minimum Gasteiger partial charge on any atom is -0.365 e. The Morgan fingerprint density at radius 1 is 1.36 bits per heavy atom. The Labute approximate surface area is 85.8 Å². The van der Waals surface area contributed by atoms with Gasteiger partial charge in [0.2, 0.25) is 5.91 Å². The number of hydrogen-bond acceptors (Lipinski definition) is 3. The lowest BCUT2D eigenvalue weighted by Crippen LogP contribution is -2.30. The average Bonchev–Trinajstić information content (AvgIpc) is 2.02. The van der Waals surface area contributed by atoms with E-state index in [9.17, 15) is 9.59 Å². The fourth-order valence-electron chi connectivity index (χ4n) is 0.796. The molecule has 0 heterocycles. The summed E-state index contributed by atoms with van der Waals surface area (Å²) in [6, 6.07) is 0. The summed E-state index contributed by atoms with van der Waals surface area (Å²) < 4.78 is 4.73. The van der Waals surface area contributed by atoms with E-state index >= 15 is 0 Å². The summed E-state index contributed by atoms with van der Waals surface area (Å²) in [4.78, 5) is 21.3. The predicted molar refractivity (Wildman–Crippen MR) is 54.0 cm³/mol. The highest BCUT2D eigenvalue weighted by molar-refractivity contribution is 6.58. The van der Waals surface area contributed by atoms with Crippen molar-refractivity contribution in [1.29, 1.82) is 0 Å². The molecule has 0 aromatic heterocycles. The van der Waals surface area contributed by atoms with E-state index in [1.54, 1.807) is 0 Å². The van der Waals surface area contributed by atoms with Crippen LogP contribution >= 0.6 is 0 Å². The lowest BCUT2D eigenvalue weighted by Gasteiger charge is -2.06. The molecule has 78 valence electrons. The Balaban J connectivity index is 3.33. The van der Waals surface area contributed by atoms with Gasteiger partial charge >= 0.3 is 0 Å². The number of rotatable bonds is 7. The van der Waals surface area contributed by atoms with E-state index in [2.05, 4.69) is 19.2 Å². The molecule has 0 saturated carbocycles. The molecule has 0 fully saturated rings. The third-order valence-corrected chi connectivity index (χ3v) is 1.52. The molecule has 0 bridgehead atoms. The highest BCUT2D eigenvalue weighted by Crippen LogP contribution is 1.95. The van der Waals surface area contributed by atoms with Crippen LogP contribution in [0.15, 0.2) is 0 Å². The fraction of sp³-hybridized carbons (Fsp3) is 0.778. The minimum absolute atomic E-state index is 0.110. The number of amides is 1. The number of carbonyl (C=O) groups excluding carboxylic acids is 2. The van der Waals surface area contributed by atoms with Crippen LogP contribution in [0.2, 0.25) is 0 Å². The Morgan fingerprint density at radius 3 is 2.50 bits per heavy atom. The van der Waals surface area contributed by atoms with Crippen molar-refractivity contribution in [2.75, 3.05) is 19.8 Å². The van der Waals surface area contributed by atoms with Crippen molar-refractivity contribution in [2.24, 2.45) is 5.92 Å². The van der Waals surface area contributed by atoms with Gasteiger partial charge in [-0.15, -0.1) is 0 Å². The second kappa shape index (κ2) is 7.56. The zero-order valence-corrected chi connectivity index (χ0v) is 8.71. The maximum Gasteiger partial charge on any atom is 0.246 e. The summed E-state index contributed by atoms with van der Waals surface area (Å²) in [5, 5.41) is 2.67. The van der Waals surface area contributed by atoms with Crippen LogP contribution in [0, 0.1) is 5.92 Å². The molecule has 1 amide bonds. The van der Waals surface area contributed by atoms with Crippen LogP contribution in [0.1, 0.15) is 20.3 Å². The quantitative estimate of drug-likeness (QED) is 0.578. The topological polar surface area (TPSA) is 55.4 Å². The van der Waals surface area contributed by atoms with Crippen LogP contribution in [0.5, 0.6) is 0 Å². The van der Waals surface area contributed by atoms with Gasteiger partial charge in [-0.05, 0) is 12.3 Å². The highest BCUT2D eigenvalue weighted by Gasteiger charge is 2.02. The summed E-state index contributed by atoms with van der Waals surface area (Å²) >= 11 is 0. The first-order chi connectivity index (χ1) is 6.52. The molecule has 0 saturated heterocycles. The van der Waals surface area contributed by atoms with E-state index < -0.39 is 5.68 Å². The van der Waals surface area contributed by atoms with Crippen LogP contribution < -0.4 is 5.32 Å². The molecule has 2 radical (unpaired) electrons. The third kappa shape index (κ3) is 9.25. The number of carbonyl (C=O) groups is 2. The SMILES string of the molecule is [B]C(=O)COCC(=O)NCCC(C)C. The summed E-state index contributed by atoms with van der Waals surface area (Å²) in [7, 11) is 4.82. The molecule has 0 aromatic carbocycles. The van der Waals surface area contributed by atoms with Gasteiger partial charge in [0.05, 0.1) is 6.61 Å². The first kappa shape index (κ1) is 13.2. The first-order valence-corrected chi connectivity index (χ1v) is 4.65. The van der Waals surface area contributed by atoms with Gasteiger partial charge in [0.25, 0.3) is 0 Å². The molecule has 14 heavy (non-hydrogen) atoms. The van der Waals surface area contributed by atoms with Gasteiger partial charge in [-0.1, -0.05) is 13.8 Å². The Bertz CT molecular complexity index is 194. The summed E-state index contributed by atoms with van der Waals surface area (Å²) in [6.45, 7) is 4.47. The van der Waals surface area contributed by atoms with Gasteiger partial charge in [0, 0.05) is 6.54 Å². The molecule has 0 aromatic rings. The first-order valence-electron chi connectivity index (χ1n) is 4.65. The van der Waals surface area contributed by atoms with Gasteiger partial charge in [-0.25, -0.2) is 0 Å². The third-order valence-electron chi connectivity index (χ3n) is 1.52. The number of nitrogens with one attached hydrogen (secondary N) is 1. The van der Waals surface area contributed by atoms with Gasteiger partial charge in [0.1, 0.15) is 12.3 Å². The molecule has 0 aliphatic rings. The lowest BCUT2D eigenvalue weighted by atomic mass is 10.1. The molecular weight excluding hydrogens is 181 g/mol. The van der Waals surface area contributed by atoms with Gasteiger partial charge in [-0.2, -0.15) is 0 Å². The molecule has 0 rings (SSSR count). The zero-order chi connectivity index (χ0) is 11.0. The summed E-state index contributed by atoms with van der Waals surface area (Å²) in [5.41, 5.74) is -0.569. The standard InChI is InChI=1S/C9H16BNO3/c1-7(2)3-4-11-9(13)6-14-5-8(10)12/h7H,3-6H2,1-2H3,(H,11,13).